The minimum Gasteiger partial charge on any atom is -0.759 e. The number of rotatable bonds is 0. The van der Waals surface area contributed by atoms with Crippen molar-refractivity contribution >= 4 is 10.4 Å². The molecule has 0 unspecified atom stereocenters. The van der Waals surface area contributed by atoms with E-state index in [1.54, 1.807) is 0 Å². The largest absolute Gasteiger partial charge is 3.00 e. The van der Waals surface area contributed by atoms with Crippen LogP contribution in [-0.4, -0.2) is 61.3 Å². The van der Waals surface area contributed by atoms with E-state index in [0.717, 1.165) is 0 Å². The smallest absolute Gasteiger partial charge is 0.759 e. The van der Waals surface area contributed by atoms with Gasteiger partial charge in [-0.2, -0.15) is 0 Å². The van der Waals surface area contributed by atoms with Gasteiger partial charge in [0.15, 0.2) is 0 Å². The van der Waals surface area contributed by atoms with E-state index < -0.39 is 10.4 Å². The predicted molar refractivity (Wildman–Crippen MR) is 39.4 cm³/mol. The van der Waals surface area contributed by atoms with Crippen LogP contribution in [0.5, 0.6) is 0 Å². The minimum atomic E-state index is -5.17. The average Bonchev–Trinajstić information content (AvgIpc) is 0.722. The molecular weight excluding hydrogens is 368 g/mol. The Hall–Kier alpha value is 0.901. The SMILES string of the molecule is O.O.O.O.O.O.O.O.O=S(=O)([O-])[O-].[Nd+3]. The fourth-order valence-electron chi connectivity index (χ4n) is 0. The molecule has 0 bridgehead atoms. The van der Waals surface area contributed by atoms with Gasteiger partial charge in [0.25, 0.3) is 0 Å². The summed E-state index contributed by atoms with van der Waals surface area (Å²) in [7, 11) is -5.17. The molecule has 0 amide bonds. The standard InChI is InChI=1S/Nd.H2O4S.8H2O/c;1-5(2,3)4;;;;;;;;/h;(H2,1,2,3,4);8*1H2/q+3;;;;;;;;;/p-2. The van der Waals surface area contributed by atoms with Crippen molar-refractivity contribution in [3.05, 3.63) is 0 Å². The van der Waals surface area contributed by atoms with Crippen molar-refractivity contribution in [1.29, 1.82) is 0 Å². The molecular formula is H16NdO12S+. The van der Waals surface area contributed by atoms with Crippen molar-refractivity contribution in [3.63, 3.8) is 0 Å². The van der Waals surface area contributed by atoms with E-state index >= 15 is 0 Å². The van der Waals surface area contributed by atoms with Crippen LogP contribution in [0.15, 0.2) is 0 Å². The fourth-order valence-corrected chi connectivity index (χ4v) is 0. The van der Waals surface area contributed by atoms with Crippen LogP contribution in [0, 0.1) is 40.8 Å². The first-order valence-corrected chi connectivity index (χ1v) is 2.00. The van der Waals surface area contributed by atoms with Gasteiger partial charge in [0.05, 0.1) is 0 Å². The fraction of sp³-hybridized carbons (Fsp3) is 0. The molecule has 0 aromatic carbocycles. The Morgan fingerprint density at radius 1 is 0.571 bits per heavy atom. The molecule has 0 aliphatic carbocycles. The molecule has 97 valence electrons. The first kappa shape index (κ1) is 120. The Morgan fingerprint density at radius 3 is 0.571 bits per heavy atom. The van der Waals surface area contributed by atoms with Gasteiger partial charge < -0.3 is 52.9 Å². The topological polar surface area (TPSA) is 332 Å². The quantitative estimate of drug-likeness (QED) is 0.289. The second kappa shape index (κ2) is 48.6. The van der Waals surface area contributed by atoms with E-state index in [9.17, 15) is 0 Å². The molecule has 0 heterocycles. The number of hydrogen-bond donors (Lipinski definition) is 0. The van der Waals surface area contributed by atoms with Gasteiger partial charge in [0, 0.05) is 10.4 Å². The first-order valence-electron chi connectivity index (χ1n) is 0.667. The van der Waals surface area contributed by atoms with Crippen molar-refractivity contribution in [2.75, 3.05) is 0 Å². The van der Waals surface area contributed by atoms with Crippen LogP contribution >= 0.6 is 0 Å². The number of hydrogen-bond acceptors (Lipinski definition) is 4. The molecule has 0 atom stereocenters. The summed E-state index contributed by atoms with van der Waals surface area (Å²) in [6.07, 6.45) is 0. The van der Waals surface area contributed by atoms with Crippen LogP contribution in [-0.2, 0) is 10.4 Å². The van der Waals surface area contributed by atoms with Crippen LogP contribution in [0.4, 0.5) is 0 Å². The molecule has 0 saturated carbocycles. The van der Waals surface area contributed by atoms with E-state index in [2.05, 4.69) is 0 Å². The van der Waals surface area contributed by atoms with Crippen LogP contribution in [0.1, 0.15) is 0 Å². The molecule has 14 heteroatoms. The summed E-state index contributed by atoms with van der Waals surface area (Å²) < 4.78 is 34.1. The molecule has 0 rings (SSSR count). The average molecular weight is 384 g/mol. The van der Waals surface area contributed by atoms with Crippen molar-refractivity contribution in [3.8, 4) is 0 Å². The monoisotopic (exact) mass is 382 g/mol. The summed E-state index contributed by atoms with van der Waals surface area (Å²) in [5.41, 5.74) is 0. The summed E-state index contributed by atoms with van der Waals surface area (Å²) >= 11 is 0. The van der Waals surface area contributed by atoms with Gasteiger partial charge in [-0.25, -0.2) is 0 Å². The Balaban J connectivity index is -0.00000000222. The molecule has 0 aliphatic rings. The van der Waals surface area contributed by atoms with Crippen LogP contribution in [0.3, 0.4) is 0 Å². The Morgan fingerprint density at radius 2 is 0.571 bits per heavy atom. The second-order valence-electron chi connectivity index (χ2n) is 0.408. The van der Waals surface area contributed by atoms with Crippen molar-refractivity contribution < 1.29 is 102 Å². The molecule has 14 heavy (non-hydrogen) atoms. The maximum Gasteiger partial charge on any atom is 3.00 e. The van der Waals surface area contributed by atoms with Gasteiger partial charge in [0.2, 0.25) is 0 Å². The van der Waals surface area contributed by atoms with E-state index in [1.165, 1.54) is 0 Å². The zero-order valence-electron chi connectivity index (χ0n) is 6.54. The van der Waals surface area contributed by atoms with Gasteiger partial charge in [0.1, 0.15) is 0 Å². The Kier molecular flexibility index (Phi) is 416. The van der Waals surface area contributed by atoms with Crippen LogP contribution < -0.4 is 0 Å². The van der Waals surface area contributed by atoms with Gasteiger partial charge in [-0.3, -0.25) is 8.42 Å². The van der Waals surface area contributed by atoms with Crippen molar-refractivity contribution in [2.45, 2.75) is 0 Å². The molecule has 16 N–H and O–H groups in total. The summed E-state index contributed by atoms with van der Waals surface area (Å²) in [4.78, 5) is 0. The van der Waals surface area contributed by atoms with E-state index in [-0.39, 0.29) is 84.6 Å². The van der Waals surface area contributed by atoms with Crippen LogP contribution in [0.2, 0.25) is 0 Å². The molecule has 0 aromatic heterocycles. The summed E-state index contributed by atoms with van der Waals surface area (Å²) in [5, 5.41) is 0. The third-order valence-electron chi connectivity index (χ3n) is 0. The van der Waals surface area contributed by atoms with E-state index in [4.69, 9.17) is 17.5 Å². The summed E-state index contributed by atoms with van der Waals surface area (Å²) in [6, 6.07) is 0. The molecule has 0 fully saturated rings. The summed E-state index contributed by atoms with van der Waals surface area (Å²) in [5.74, 6) is 0. The second-order valence-corrected chi connectivity index (χ2v) is 1.22. The predicted octanol–water partition coefficient (Wildman–Crippen LogP) is -7.94. The third-order valence-corrected chi connectivity index (χ3v) is 0. The molecule has 0 spiro atoms. The maximum atomic E-state index is 8.52. The molecule has 12 nitrogen and oxygen atoms in total. The third kappa shape index (κ3) is 2250. The van der Waals surface area contributed by atoms with Gasteiger partial charge in [-0.15, -0.1) is 0 Å². The normalized spacial score (nSPS) is 4.14. The zero-order chi connectivity index (χ0) is 4.50. The zero-order valence-corrected chi connectivity index (χ0v) is 10.6. The van der Waals surface area contributed by atoms with Crippen LogP contribution in [0.25, 0.3) is 0 Å². The Bertz CT molecular complexity index is 93.5. The molecule has 1 radical (unpaired) electrons. The maximum absolute atomic E-state index is 8.52. The van der Waals surface area contributed by atoms with Gasteiger partial charge in [-0.1, -0.05) is 0 Å². The van der Waals surface area contributed by atoms with E-state index in [1.807, 2.05) is 0 Å². The van der Waals surface area contributed by atoms with Gasteiger partial charge in [-0.05, 0) is 0 Å². The van der Waals surface area contributed by atoms with E-state index in [0.29, 0.717) is 0 Å². The van der Waals surface area contributed by atoms with Gasteiger partial charge >= 0.3 is 40.8 Å². The summed E-state index contributed by atoms with van der Waals surface area (Å²) in [6.45, 7) is 0. The molecule has 0 aromatic rings. The minimum absolute atomic E-state index is 0. The molecule has 0 aliphatic heterocycles. The molecule has 0 saturated heterocycles. The van der Waals surface area contributed by atoms with Crippen molar-refractivity contribution in [2.24, 2.45) is 0 Å². The Labute approximate surface area is 112 Å². The van der Waals surface area contributed by atoms with Crippen molar-refractivity contribution in [1.82, 2.24) is 0 Å². The first-order chi connectivity index (χ1) is 2.00.